The van der Waals surface area contributed by atoms with Crippen molar-refractivity contribution in [3.05, 3.63) is 11.3 Å². The molecule has 0 saturated heterocycles. The average molecular weight is 252 g/mol. The third kappa shape index (κ3) is 1.93. The molecule has 4 nitrogen and oxygen atoms in total. The number of aliphatic hydroxyl groups excluding tert-OH is 1. The highest BCUT2D eigenvalue weighted by Gasteiger charge is 2.49. The van der Waals surface area contributed by atoms with Crippen LogP contribution in [0.4, 0.5) is 0 Å². The van der Waals surface area contributed by atoms with E-state index in [1.807, 2.05) is 6.92 Å². The number of allylic oxidation sites excluding steroid dienone is 1. The molecule has 0 spiro atoms. The first-order valence-corrected chi connectivity index (χ1v) is 6.63. The number of Topliss-reactive ketones (excluding diaryl/α,β-unsaturated/α-hetero) is 1. The van der Waals surface area contributed by atoms with Crippen LogP contribution in [0.25, 0.3) is 0 Å². The molecule has 18 heavy (non-hydrogen) atoms. The number of hydrogen-bond donors (Lipinski definition) is 1. The van der Waals surface area contributed by atoms with Gasteiger partial charge in [0.15, 0.2) is 0 Å². The van der Waals surface area contributed by atoms with E-state index in [-0.39, 0.29) is 24.1 Å². The monoisotopic (exact) mass is 252 g/mol. The number of carbonyl (C=O) groups excluding carboxylic acids is 2. The number of esters is 1. The van der Waals surface area contributed by atoms with Crippen LogP contribution in [0.5, 0.6) is 0 Å². The lowest BCUT2D eigenvalue weighted by Crippen LogP contribution is -2.44. The number of ether oxygens (including phenoxy) is 1. The predicted molar refractivity (Wildman–Crippen MR) is 66.0 cm³/mol. The highest BCUT2D eigenvalue weighted by Crippen LogP contribution is 2.50. The Labute approximate surface area is 107 Å². The van der Waals surface area contributed by atoms with E-state index in [1.165, 1.54) is 0 Å². The van der Waals surface area contributed by atoms with E-state index in [1.54, 1.807) is 6.92 Å². The van der Waals surface area contributed by atoms with Gasteiger partial charge in [0, 0.05) is 24.2 Å². The summed E-state index contributed by atoms with van der Waals surface area (Å²) in [4.78, 5) is 24.1. The molecule has 0 unspecified atom stereocenters. The van der Waals surface area contributed by atoms with Gasteiger partial charge in [-0.3, -0.25) is 4.79 Å². The van der Waals surface area contributed by atoms with Gasteiger partial charge in [-0.05, 0) is 26.2 Å². The van der Waals surface area contributed by atoms with E-state index in [4.69, 9.17) is 4.74 Å². The summed E-state index contributed by atoms with van der Waals surface area (Å²) in [7, 11) is 0. The molecule has 2 atom stereocenters. The van der Waals surface area contributed by atoms with Crippen LogP contribution in [0, 0.1) is 11.3 Å². The molecule has 0 radical (unpaired) electrons. The molecule has 0 aromatic heterocycles. The second-order valence-corrected chi connectivity index (χ2v) is 5.37. The Morgan fingerprint density at radius 3 is 2.89 bits per heavy atom. The van der Waals surface area contributed by atoms with Gasteiger partial charge in [-0.2, -0.15) is 0 Å². The zero-order chi connectivity index (χ0) is 13.3. The van der Waals surface area contributed by atoms with E-state index in [2.05, 4.69) is 0 Å². The molecular formula is C14H20O4. The zero-order valence-electron chi connectivity index (χ0n) is 11.0. The predicted octanol–water partition coefficient (Wildman–Crippen LogP) is 2.53. The molecule has 100 valence electrons. The Balaban J connectivity index is 2.37. The molecule has 0 aromatic carbocycles. The largest absolute Gasteiger partial charge is 0.512 e. The number of ketones is 1. The van der Waals surface area contributed by atoms with Gasteiger partial charge in [0.2, 0.25) is 0 Å². The molecule has 2 aliphatic carbocycles. The maximum absolute atomic E-state index is 12.1. The summed E-state index contributed by atoms with van der Waals surface area (Å²) in [5, 5.41) is 9.97. The topological polar surface area (TPSA) is 63.6 Å². The van der Waals surface area contributed by atoms with Crippen molar-refractivity contribution in [3.8, 4) is 0 Å². The van der Waals surface area contributed by atoms with E-state index >= 15 is 0 Å². The quantitative estimate of drug-likeness (QED) is 0.767. The van der Waals surface area contributed by atoms with E-state index in [0.29, 0.717) is 24.8 Å². The number of carbonyl (C=O) groups is 2. The number of fused-ring (bicyclic) bond motifs is 1. The van der Waals surface area contributed by atoms with E-state index in [0.717, 1.165) is 12.8 Å². The van der Waals surface area contributed by atoms with E-state index in [9.17, 15) is 14.7 Å². The third-order valence-corrected chi connectivity index (χ3v) is 4.34. The molecule has 0 heterocycles. The van der Waals surface area contributed by atoms with Gasteiger partial charge in [-0.25, -0.2) is 4.79 Å². The van der Waals surface area contributed by atoms with Crippen molar-refractivity contribution in [2.75, 3.05) is 6.61 Å². The van der Waals surface area contributed by atoms with Gasteiger partial charge >= 0.3 is 5.97 Å². The van der Waals surface area contributed by atoms with Crippen molar-refractivity contribution >= 4 is 11.8 Å². The first kappa shape index (κ1) is 13.1. The summed E-state index contributed by atoms with van der Waals surface area (Å²) in [5.41, 5.74) is -0.148. The van der Waals surface area contributed by atoms with Gasteiger partial charge < -0.3 is 9.84 Å². The lowest BCUT2D eigenvalue weighted by molar-refractivity contribution is -0.142. The standard InChI is InChI=1S/C14H20O4/c1-3-18-13(17)12-9-5-4-6-11(16)14(9,2)8-7-10(12)15/h9,15H,3-8H2,1-2H3/t9-,14+/m1/s1. The lowest BCUT2D eigenvalue weighted by Gasteiger charge is -2.43. The Kier molecular flexibility index (Phi) is 3.46. The number of rotatable bonds is 2. The van der Waals surface area contributed by atoms with Crippen molar-refractivity contribution in [3.63, 3.8) is 0 Å². The fourth-order valence-electron chi connectivity index (χ4n) is 3.22. The minimum atomic E-state index is -0.493. The molecule has 1 saturated carbocycles. The van der Waals surface area contributed by atoms with Crippen LogP contribution in [0.1, 0.15) is 46.0 Å². The lowest BCUT2D eigenvalue weighted by atomic mass is 9.59. The van der Waals surface area contributed by atoms with Crippen molar-refractivity contribution < 1.29 is 19.4 Å². The van der Waals surface area contributed by atoms with Crippen molar-refractivity contribution in [2.24, 2.45) is 11.3 Å². The van der Waals surface area contributed by atoms with Gasteiger partial charge in [0.25, 0.3) is 0 Å². The fraction of sp³-hybridized carbons (Fsp3) is 0.714. The summed E-state index contributed by atoms with van der Waals surface area (Å²) in [5.74, 6) is -0.300. The Morgan fingerprint density at radius 1 is 1.50 bits per heavy atom. The Hall–Kier alpha value is -1.32. The van der Waals surface area contributed by atoms with Crippen molar-refractivity contribution in [1.29, 1.82) is 0 Å². The molecule has 0 amide bonds. The summed E-state index contributed by atoms with van der Waals surface area (Å²) in [6.07, 6.45) is 3.18. The third-order valence-electron chi connectivity index (χ3n) is 4.34. The Bertz CT molecular complexity index is 410. The van der Waals surface area contributed by atoms with Crippen molar-refractivity contribution in [2.45, 2.75) is 46.0 Å². The first-order valence-electron chi connectivity index (χ1n) is 6.63. The molecule has 1 N–H and O–H groups in total. The fourth-order valence-corrected chi connectivity index (χ4v) is 3.22. The summed E-state index contributed by atoms with van der Waals surface area (Å²) in [6.45, 7) is 3.95. The van der Waals surface area contributed by atoms with Crippen LogP contribution in [-0.2, 0) is 14.3 Å². The minimum absolute atomic E-state index is 0.116. The molecule has 2 aliphatic rings. The summed E-state index contributed by atoms with van der Waals surface area (Å²) >= 11 is 0. The molecule has 0 aromatic rings. The molecule has 4 heteroatoms. The minimum Gasteiger partial charge on any atom is -0.512 e. The molecule has 2 rings (SSSR count). The van der Waals surface area contributed by atoms with Crippen LogP contribution in [-0.4, -0.2) is 23.5 Å². The van der Waals surface area contributed by atoms with Crippen molar-refractivity contribution in [1.82, 2.24) is 0 Å². The number of hydrogen-bond acceptors (Lipinski definition) is 4. The zero-order valence-corrected chi connectivity index (χ0v) is 11.0. The normalized spacial score (nSPS) is 32.1. The van der Waals surface area contributed by atoms with Gasteiger partial charge in [-0.1, -0.05) is 6.92 Å². The maximum Gasteiger partial charge on any atom is 0.337 e. The maximum atomic E-state index is 12.1. The van der Waals surface area contributed by atoms with E-state index < -0.39 is 11.4 Å². The Morgan fingerprint density at radius 2 is 2.22 bits per heavy atom. The van der Waals surface area contributed by atoms with Gasteiger partial charge in [0.1, 0.15) is 11.5 Å². The summed E-state index contributed by atoms with van der Waals surface area (Å²) in [6, 6.07) is 0. The van der Waals surface area contributed by atoms with Gasteiger partial charge in [0.05, 0.1) is 12.2 Å². The first-order chi connectivity index (χ1) is 8.50. The summed E-state index contributed by atoms with van der Waals surface area (Å²) < 4.78 is 5.01. The SMILES string of the molecule is CCOC(=O)C1=C(O)CC[C@]2(C)C(=O)CCC[C@H]12. The smallest absolute Gasteiger partial charge is 0.337 e. The molecule has 1 fully saturated rings. The van der Waals surface area contributed by atoms with Crippen LogP contribution in [0.15, 0.2) is 11.3 Å². The molecule has 0 bridgehead atoms. The molecular weight excluding hydrogens is 232 g/mol. The number of aliphatic hydroxyl groups is 1. The van der Waals surface area contributed by atoms with Crippen LogP contribution in [0.2, 0.25) is 0 Å². The average Bonchev–Trinajstić information content (AvgIpc) is 2.32. The second kappa shape index (κ2) is 4.75. The van der Waals surface area contributed by atoms with Crippen LogP contribution in [0.3, 0.4) is 0 Å². The molecule has 0 aliphatic heterocycles. The van der Waals surface area contributed by atoms with Gasteiger partial charge in [-0.15, -0.1) is 0 Å². The van der Waals surface area contributed by atoms with Crippen LogP contribution < -0.4 is 0 Å². The second-order valence-electron chi connectivity index (χ2n) is 5.37. The highest BCUT2D eigenvalue weighted by molar-refractivity contribution is 5.94. The highest BCUT2D eigenvalue weighted by atomic mass is 16.5. The van der Waals surface area contributed by atoms with Crippen LogP contribution >= 0.6 is 0 Å².